The van der Waals surface area contributed by atoms with Crippen molar-refractivity contribution in [2.24, 2.45) is 11.8 Å². The first-order chi connectivity index (χ1) is 12.1. The van der Waals surface area contributed by atoms with Crippen LogP contribution in [0.15, 0.2) is 18.2 Å². The van der Waals surface area contributed by atoms with Gasteiger partial charge in [0.25, 0.3) is 0 Å². The topological polar surface area (TPSA) is 78.9 Å². The summed E-state index contributed by atoms with van der Waals surface area (Å²) in [4.78, 5) is 25.4. The van der Waals surface area contributed by atoms with E-state index in [-0.39, 0.29) is 11.7 Å². The van der Waals surface area contributed by atoms with Crippen LogP contribution in [0.2, 0.25) is 0 Å². The van der Waals surface area contributed by atoms with E-state index in [9.17, 15) is 9.59 Å². The molecule has 0 N–H and O–H groups in total. The lowest BCUT2D eigenvalue weighted by molar-refractivity contribution is -0.145. The van der Waals surface area contributed by atoms with Crippen LogP contribution in [0.1, 0.15) is 42.5 Å². The van der Waals surface area contributed by atoms with Gasteiger partial charge in [-0.2, -0.15) is 0 Å². The number of hydrogen-bond donors (Lipinski definition) is 0. The molecule has 138 valence electrons. The van der Waals surface area contributed by atoms with Gasteiger partial charge in [-0.15, -0.1) is 0 Å². The van der Waals surface area contributed by atoms with Gasteiger partial charge in [0.1, 0.15) is 23.0 Å². The Bertz CT molecular complexity index is 561. The van der Waals surface area contributed by atoms with E-state index in [1.165, 1.54) is 30.4 Å². The SMILES string of the molecule is COC(=O)C(C(=O)c1c(OC)cccc1OC)C1CCCCC1.O=[PH2+]. The molecule has 2 rings (SSSR count). The predicted octanol–water partition coefficient (Wildman–Crippen LogP) is 3.46. The quantitative estimate of drug-likeness (QED) is 0.331. The maximum Gasteiger partial charge on any atom is 0.316 e. The smallest absolute Gasteiger partial charge is 0.316 e. The Balaban J connectivity index is 0.00000151. The van der Waals surface area contributed by atoms with Gasteiger partial charge >= 0.3 is 15.1 Å². The molecule has 2 atom stereocenters. The summed E-state index contributed by atoms with van der Waals surface area (Å²) in [7, 11) is 5.49. The third-order valence-corrected chi connectivity index (χ3v) is 4.53. The normalized spacial score (nSPS) is 15.3. The zero-order chi connectivity index (χ0) is 18.8. The molecule has 25 heavy (non-hydrogen) atoms. The summed E-state index contributed by atoms with van der Waals surface area (Å²) in [6.45, 7) is 0. The summed E-state index contributed by atoms with van der Waals surface area (Å²) in [5.74, 6) is -0.713. The molecule has 1 aliphatic rings. The molecule has 0 aliphatic heterocycles. The molecule has 1 fully saturated rings. The zero-order valence-electron chi connectivity index (χ0n) is 14.9. The van der Waals surface area contributed by atoms with Gasteiger partial charge in [0.2, 0.25) is 0 Å². The molecule has 1 aromatic carbocycles. The van der Waals surface area contributed by atoms with E-state index < -0.39 is 11.9 Å². The van der Waals surface area contributed by atoms with Crippen LogP contribution >= 0.6 is 9.12 Å². The molecule has 0 saturated heterocycles. The second-order valence-corrected chi connectivity index (χ2v) is 5.80. The van der Waals surface area contributed by atoms with Crippen molar-refractivity contribution in [2.75, 3.05) is 21.3 Å². The minimum Gasteiger partial charge on any atom is -0.496 e. The van der Waals surface area contributed by atoms with Crippen LogP contribution in [0.25, 0.3) is 0 Å². The van der Waals surface area contributed by atoms with Crippen molar-refractivity contribution in [3.63, 3.8) is 0 Å². The van der Waals surface area contributed by atoms with Crippen LogP contribution in [0.4, 0.5) is 0 Å². The highest BCUT2D eigenvalue weighted by Gasteiger charge is 2.39. The van der Waals surface area contributed by atoms with Gasteiger partial charge in [-0.3, -0.25) is 9.59 Å². The molecular weight excluding hydrogens is 343 g/mol. The van der Waals surface area contributed by atoms with Crippen molar-refractivity contribution >= 4 is 20.9 Å². The fraction of sp³-hybridized carbons (Fsp3) is 0.556. The van der Waals surface area contributed by atoms with Crippen molar-refractivity contribution in [3.05, 3.63) is 23.8 Å². The highest BCUT2D eigenvalue weighted by molar-refractivity contribution is 7.00. The van der Waals surface area contributed by atoms with E-state index in [2.05, 4.69) is 0 Å². The Morgan fingerprint density at radius 3 is 1.96 bits per heavy atom. The molecule has 7 heteroatoms. The number of hydrogen-bond acceptors (Lipinski definition) is 6. The zero-order valence-corrected chi connectivity index (χ0v) is 16.1. The summed E-state index contributed by atoms with van der Waals surface area (Å²) >= 11 is 0. The minimum absolute atomic E-state index is 0.0123. The second kappa shape index (κ2) is 10.8. The first kappa shape index (κ1) is 21.1. The number of methoxy groups -OCH3 is 3. The number of rotatable bonds is 6. The lowest BCUT2D eigenvalue weighted by atomic mass is 9.76. The first-order valence-electron chi connectivity index (χ1n) is 8.20. The van der Waals surface area contributed by atoms with Crippen LogP contribution in [-0.4, -0.2) is 33.1 Å². The summed E-state index contributed by atoms with van der Waals surface area (Å²) in [5, 5.41) is 0. The molecule has 0 amide bonds. The van der Waals surface area contributed by atoms with Crippen molar-refractivity contribution in [3.8, 4) is 11.5 Å². The van der Waals surface area contributed by atoms with Gasteiger partial charge in [0.15, 0.2) is 5.78 Å². The molecule has 1 aromatic rings. The van der Waals surface area contributed by atoms with Gasteiger partial charge in [-0.1, -0.05) is 29.9 Å². The Labute approximate surface area is 150 Å². The molecule has 0 spiro atoms. The van der Waals surface area contributed by atoms with Crippen LogP contribution in [0, 0.1) is 11.8 Å². The summed E-state index contributed by atoms with van der Waals surface area (Å²) in [5.41, 5.74) is 0.318. The van der Waals surface area contributed by atoms with E-state index in [0.29, 0.717) is 17.1 Å². The minimum atomic E-state index is -0.800. The number of esters is 1. The van der Waals surface area contributed by atoms with Crippen LogP contribution in [0.3, 0.4) is 0 Å². The third kappa shape index (κ3) is 5.02. The summed E-state index contributed by atoms with van der Waals surface area (Å²) in [6.07, 6.45) is 4.95. The first-order valence-corrected chi connectivity index (χ1v) is 8.67. The Kier molecular flexibility index (Phi) is 9.14. The maximum atomic E-state index is 13.1. The fourth-order valence-corrected chi connectivity index (χ4v) is 3.36. The van der Waals surface area contributed by atoms with Gasteiger partial charge in [0.05, 0.1) is 21.3 Å². The van der Waals surface area contributed by atoms with Gasteiger partial charge < -0.3 is 14.2 Å². The molecule has 2 unspecified atom stereocenters. The lowest BCUT2D eigenvalue weighted by Gasteiger charge is -2.28. The predicted molar refractivity (Wildman–Crippen MR) is 96.4 cm³/mol. The number of carbonyl (C=O) groups is 2. The summed E-state index contributed by atoms with van der Waals surface area (Å²) < 4.78 is 23.7. The lowest BCUT2D eigenvalue weighted by Crippen LogP contribution is -2.34. The van der Waals surface area contributed by atoms with E-state index >= 15 is 0 Å². The van der Waals surface area contributed by atoms with E-state index in [4.69, 9.17) is 18.8 Å². The summed E-state index contributed by atoms with van der Waals surface area (Å²) in [6, 6.07) is 5.15. The van der Waals surface area contributed by atoms with Crippen molar-refractivity contribution in [1.82, 2.24) is 0 Å². The maximum absolute atomic E-state index is 13.1. The Hall–Kier alpha value is -1.94. The number of ether oxygens (including phenoxy) is 3. The van der Waals surface area contributed by atoms with Crippen LogP contribution < -0.4 is 9.47 Å². The van der Waals surface area contributed by atoms with Gasteiger partial charge in [-0.25, -0.2) is 0 Å². The van der Waals surface area contributed by atoms with Gasteiger partial charge in [-0.05, 0) is 30.9 Å². The number of Topliss-reactive ketones (excluding diaryl/α,β-unsaturated/α-hetero) is 1. The molecule has 0 radical (unpaired) electrons. The molecule has 0 bridgehead atoms. The molecular formula is C18H26O6P+. The van der Waals surface area contributed by atoms with E-state index in [0.717, 1.165) is 32.1 Å². The molecule has 1 aliphatic carbocycles. The van der Waals surface area contributed by atoms with Crippen molar-refractivity contribution in [2.45, 2.75) is 32.1 Å². The monoisotopic (exact) mass is 369 g/mol. The third-order valence-electron chi connectivity index (χ3n) is 4.53. The van der Waals surface area contributed by atoms with E-state index in [1.807, 2.05) is 0 Å². The Morgan fingerprint density at radius 1 is 1.00 bits per heavy atom. The standard InChI is InChI=1S/C18H24O5.H2OP/c1-21-13-10-7-11-14(22-2)16(13)17(19)15(18(20)23-3)12-8-5-4-6-9-12;1-2/h7,10-12,15H,4-6,8-9H2,1-3H3;2H2/q;+1. The van der Waals surface area contributed by atoms with Gasteiger partial charge in [0, 0.05) is 0 Å². The highest BCUT2D eigenvalue weighted by atomic mass is 31.0. The highest BCUT2D eigenvalue weighted by Crippen LogP contribution is 2.37. The van der Waals surface area contributed by atoms with Crippen molar-refractivity contribution in [1.29, 1.82) is 0 Å². The van der Waals surface area contributed by atoms with Crippen LogP contribution in [-0.2, 0) is 14.1 Å². The molecule has 0 heterocycles. The average molecular weight is 369 g/mol. The second-order valence-electron chi connectivity index (χ2n) is 5.80. The number of ketones is 1. The Morgan fingerprint density at radius 2 is 1.52 bits per heavy atom. The van der Waals surface area contributed by atoms with Crippen LogP contribution in [0.5, 0.6) is 11.5 Å². The number of benzene rings is 1. The van der Waals surface area contributed by atoms with E-state index in [1.54, 1.807) is 18.2 Å². The van der Waals surface area contributed by atoms with Crippen molar-refractivity contribution < 1.29 is 28.4 Å². The molecule has 1 saturated carbocycles. The number of carbonyl (C=O) groups excluding carboxylic acids is 2. The average Bonchev–Trinajstić information content (AvgIpc) is 2.69. The fourth-order valence-electron chi connectivity index (χ4n) is 3.36. The molecule has 0 aromatic heterocycles. The largest absolute Gasteiger partial charge is 0.496 e. The molecule has 6 nitrogen and oxygen atoms in total.